The zero-order chi connectivity index (χ0) is 17.9. The standard InChI is InChI=1S/C12H15NO3.C2HCl3O2/c13-8-11(14)6-7-12(15)16-9-10-4-2-1-3-5-10;3-2(4,5)1(6)7/h1-5H,6-9,13H2;(H,6,7). The van der Waals surface area contributed by atoms with E-state index >= 15 is 0 Å². The maximum absolute atomic E-state index is 11.2. The van der Waals surface area contributed by atoms with Gasteiger partial charge in [0.1, 0.15) is 12.4 Å². The molecule has 23 heavy (non-hydrogen) atoms. The van der Waals surface area contributed by atoms with Crippen molar-refractivity contribution in [3.8, 4) is 0 Å². The van der Waals surface area contributed by atoms with Gasteiger partial charge in [0.2, 0.25) is 0 Å². The molecule has 1 rings (SSSR count). The van der Waals surface area contributed by atoms with Gasteiger partial charge in [0.25, 0.3) is 3.79 Å². The van der Waals surface area contributed by atoms with E-state index in [1.165, 1.54) is 0 Å². The number of carboxylic acids is 1. The van der Waals surface area contributed by atoms with E-state index in [4.69, 9.17) is 50.4 Å². The van der Waals surface area contributed by atoms with E-state index in [1.54, 1.807) is 0 Å². The third kappa shape index (κ3) is 11.8. The first-order chi connectivity index (χ1) is 10.7. The summed E-state index contributed by atoms with van der Waals surface area (Å²) in [7, 11) is 0. The molecular weight excluding hydrogens is 369 g/mol. The van der Waals surface area contributed by atoms with Crippen molar-refractivity contribution in [3.63, 3.8) is 0 Å². The Kier molecular flexibility index (Phi) is 10.6. The molecule has 0 saturated carbocycles. The summed E-state index contributed by atoms with van der Waals surface area (Å²) in [6.45, 7) is 0.225. The molecule has 1 aromatic carbocycles. The number of nitrogens with two attached hydrogens (primary N) is 1. The van der Waals surface area contributed by atoms with E-state index in [1.807, 2.05) is 30.3 Å². The van der Waals surface area contributed by atoms with Crippen LogP contribution in [0.15, 0.2) is 30.3 Å². The van der Waals surface area contributed by atoms with E-state index in [9.17, 15) is 14.4 Å². The highest BCUT2D eigenvalue weighted by Crippen LogP contribution is 2.25. The van der Waals surface area contributed by atoms with Crippen LogP contribution in [0.25, 0.3) is 0 Å². The number of esters is 1. The molecule has 0 aliphatic heterocycles. The van der Waals surface area contributed by atoms with Gasteiger partial charge in [0, 0.05) is 6.42 Å². The van der Waals surface area contributed by atoms with Crippen LogP contribution in [0.2, 0.25) is 0 Å². The van der Waals surface area contributed by atoms with Crippen molar-refractivity contribution in [1.29, 1.82) is 0 Å². The lowest BCUT2D eigenvalue weighted by Crippen LogP contribution is -2.16. The van der Waals surface area contributed by atoms with E-state index in [0.717, 1.165) is 5.56 Å². The number of carbonyl (C=O) groups is 3. The van der Waals surface area contributed by atoms with Crippen molar-refractivity contribution >= 4 is 52.5 Å². The van der Waals surface area contributed by atoms with Gasteiger partial charge in [-0.1, -0.05) is 65.1 Å². The van der Waals surface area contributed by atoms with Crippen LogP contribution < -0.4 is 5.73 Å². The average molecular weight is 385 g/mol. The van der Waals surface area contributed by atoms with Gasteiger partial charge in [-0.2, -0.15) is 0 Å². The molecule has 1 aromatic rings. The number of Topliss-reactive ketones (excluding diaryl/α,β-unsaturated/α-hetero) is 1. The molecule has 0 bridgehead atoms. The second-order valence-electron chi connectivity index (χ2n) is 4.19. The van der Waals surface area contributed by atoms with Crippen LogP contribution >= 0.6 is 34.8 Å². The van der Waals surface area contributed by atoms with Crippen LogP contribution in [-0.4, -0.2) is 33.2 Å². The van der Waals surface area contributed by atoms with Gasteiger partial charge in [-0.05, 0) is 5.56 Å². The number of halogens is 3. The predicted molar refractivity (Wildman–Crippen MR) is 87.5 cm³/mol. The Labute approximate surface area is 148 Å². The number of hydrogen-bond acceptors (Lipinski definition) is 5. The summed E-state index contributed by atoms with van der Waals surface area (Å²) < 4.78 is 2.82. The Balaban J connectivity index is 0.000000585. The minimum Gasteiger partial charge on any atom is -0.478 e. The summed E-state index contributed by atoms with van der Waals surface area (Å²) in [5.41, 5.74) is 6.05. The first kappa shape index (κ1) is 21.7. The second kappa shape index (κ2) is 11.2. The highest BCUT2D eigenvalue weighted by Gasteiger charge is 2.29. The fourth-order valence-electron chi connectivity index (χ4n) is 1.15. The molecule has 0 saturated heterocycles. The first-order valence-electron chi connectivity index (χ1n) is 6.38. The lowest BCUT2D eigenvalue weighted by Gasteiger charge is -2.04. The molecule has 0 aliphatic rings. The molecule has 3 N–H and O–H groups in total. The van der Waals surface area contributed by atoms with Gasteiger partial charge >= 0.3 is 11.9 Å². The van der Waals surface area contributed by atoms with Crippen molar-refractivity contribution in [1.82, 2.24) is 0 Å². The number of hydrogen-bond donors (Lipinski definition) is 2. The van der Waals surface area contributed by atoms with Crippen LogP contribution in [0.5, 0.6) is 0 Å². The van der Waals surface area contributed by atoms with Gasteiger partial charge in [-0.25, -0.2) is 4.79 Å². The molecule has 0 aromatic heterocycles. The van der Waals surface area contributed by atoms with Gasteiger partial charge < -0.3 is 15.6 Å². The number of carbonyl (C=O) groups excluding carboxylic acids is 2. The molecule has 128 valence electrons. The summed E-state index contributed by atoms with van der Waals surface area (Å²) in [5.74, 6) is -1.96. The van der Waals surface area contributed by atoms with Crippen molar-refractivity contribution < 1.29 is 24.2 Å². The molecule has 0 aliphatic carbocycles. The topological polar surface area (TPSA) is 107 Å². The zero-order valence-corrected chi connectivity index (χ0v) is 14.3. The van der Waals surface area contributed by atoms with Crippen molar-refractivity contribution in [2.24, 2.45) is 5.73 Å². The van der Waals surface area contributed by atoms with Crippen LogP contribution in [0.3, 0.4) is 0 Å². The summed E-state index contributed by atoms with van der Waals surface area (Å²) >= 11 is 14.4. The molecule has 0 fully saturated rings. The number of benzene rings is 1. The lowest BCUT2D eigenvalue weighted by molar-refractivity contribution is -0.146. The number of alkyl halides is 3. The van der Waals surface area contributed by atoms with Crippen molar-refractivity contribution in [2.75, 3.05) is 6.54 Å². The van der Waals surface area contributed by atoms with Crippen molar-refractivity contribution in [3.05, 3.63) is 35.9 Å². The van der Waals surface area contributed by atoms with Crippen LogP contribution in [0.1, 0.15) is 18.4 Å². The van der Waals surface area contributed by atoms with Gasteiger partial charge in [-0.3, -0.25) is 9.59 Å². The largest absolute Gasteiger partial charge is 0.478 e. The van der Waals surface area contributed by atoms with Crippen LogP contribution in [0.4, 0.5) is 0 Å². The number of aliphatic carboxylic acids is 1. The fraction of sp³-hybridized carbons (Fsp3) is 0.357. The molecule has 0 atom stereocenters. The van der Waals surface area contributed by atoms with E-state index in [2.05, 4.69) is 0 Å². The number of rotatable bonds is 6. The third-order valence-electron chi connectivity index (χ3n) is 2.32. The monoisotopic (exact) mass is 383 g/mol. The number of ketones is 1. The van der Waals surface area contributed by atoms with Gasteiger partial charge in [0.05, 0.1) is 13.0 Å². The first-order valence-corrected chi connectivity index (χ1v) is 7.51. The smallest absolute Gasteiger partial charge is 0.356 e. The Bertz CT molecular complexity index is 517. The molecular formula is C14H16Cl3NO5. The Morgan fingerprint density at radius 2 is 1.61 bits per heavy atom. The highest BCUT2D eigenvalue weighted by molar-refractivity contribution is 6.75. The van der Waals surface area contributed by atoms with E-state index in [0.29, 0.717) is 0 Å². The fourth-order valence-corrected chi connectivity index (χ4v) is 1.15. The van der Waals surface area contributed by atoms with E-state index in [-0.39, 0.29) is 37.7 Å². The molecule has 0 radical (unpaired) electrons. The summed E-state index contributed by atoms with van der Waals surface area (Å²) in [6.07, 6.45) is 0.257. The van der Waals surface area contributed by atoms with Crippen LogP contribution in [-0.2, 0) is 25.7 Å². The average Bonchev–Trinajstić information content (AvgIpc) is 2.51. The molecule has 0 unspecified atom stereocenters. The molecule has 0 amide bonds. The number of carboxylic acid groups (broad SMARTS) is 1. The van der Waals surface area contributed by atoms with Gasteiger partial charge in [-0.15, -0.1) is 0 Å². The Morgan fingerprint density at radius 3 is 2.04 bits per heavy atom. The molecule has 0 heterocycles. The molecule has 6 nitrogen and oxygen atoms in total. The lowest BCUT2D eigenvalue weighted by atomic mass is 10.2. The summed E-state index contributed by atoms with van der Waals surface area (Å²) in [4.78, 5) is 31.7. The minimum absolute atomic E-state index is 0.0219. The summed E-state index contributed by atoms with van der Waals surface area (Å²) in [6, 6.07) is 9.39. The van der Waals surface area contributed by atoms with E-state index < -0.39 is 9.76 Å². The normalized spacial score (nSPS) is 10.3. The second-order valence-corrected chi connectivity index (χ2v) is 6.47. The predicted octanol–water partition coefficient (Wildman–Crippen LogP) is 2.48. The Hall–Kier alpha value is -1.34. The SMILES string of the molecule is NCC(=O)CCC(=O)OCc1ccccc1.O=C(O)C(Cl)(Cl)Cl. The van der Waals surface area contributed by atoms with Crippen LogP contribution in [0, 0.1) is 0 Å². The van der Waals surface area contributed by atoms with Gasteiger partial charge in [0.15, 0.2) is 0 Å². The van der Waals surface area contributed by atoms with Crippen molar-refractivity contribution in [2.45, 2.75) is 23.2 Å². The Morgan fingerprint density at radius 1 is 1.09 bits per heavy atom. The maximum Gasteiger partial charge on any atom is 0.356 e. The quantitative estimate of drug-likeness (QED) is 0.576. The third-order valence-corrected chi connectivity index (χ3v) is 2.81. The highest BCUT2D eigenvalue weighted by atomic mass is 35.6. The zero-order valence-electron chi connectivity index (χ0n) is 12.0. The molecule has 0 spiro atoms. The number of ether oxygens (including phenoxy) is 1. The molecule has 9 heteroatoms. The minimum atomic E-state index is -2.17. The maximum atomic E-state index is 11.2. The summed E-state index contributed by atoms with van der Waals surface area (Å²) in [5, 5.41) is 7.85.